The van der Waals surface area contributed by atoms with Crippen LogP contribution in [0.2, 0.25) is 0 Å². The summed E-state index contributed by atoms with van der Waals surface area (Å²) in [4.78, 5) is 26.5. The molecule has 5 nitrogen and oxygen atoms in total. The molecule has 1 saturated heterocycles. The van der Waals surface area contributed by atoms with E-state index < -0.39 is 5.92 Å². The first-order chi connectivity index (χ1) is 12.8. The van der Waals surface area contributed by atoms with E-state index in [9.17, 15) is 9.59 Å². The fourth-order valence-corrected chi connectivity index (χ4v) is 3.12. The second-order valence-corrected chi connectivity index (χ2v) is 7.80. The number of rotatable bonds is 4. The lowest BCUT2D eigenvalue weighted by atomic mass is 9.87. The molecule has 2 aromatic carbocycles. The highest BCUT2D eigenvalue weighted by Crippen LogP contribution is 2.29. The Labute approximate surface area is 159 Å². The van der Waals surface area contributed by atoms with E-state index in [1.54, 1.807) is 30.2 Å². The summed E-state index contributed by atoms with van der Waals surface area (Å²) in [5.41, 5.74) is 1.93. The maximum absolute atomic E-state index is 12.5. The minimum Gasteiger partial charge on any atom is -0.497 e. The Morgan fingerprint density at radius 1 is 1.07 bits per heavy atom. The molecule has 1 heterocycles. The van der Waals surface area contributed by atoms with Gasteiger partial charge in [-0.25, -0.2) is 0 Å². The zero-order valence-corrected chi connectivity index (χ0v) is 16.2. The summed E-state index contributed by atoms with van der Waals surface area (Å²) in [6.45, 7) is 6.70. The van der Waals surface area contributed by atoms with Gasteiger partial charge < -0.3 is 14.4 Å². The van der Waals surface area contributed by atoms with Gasteiger partial charge in [0.1, 0.15) is 11.5 Å². The lowest BCUT2D eigenvalue weighted by Crippen LogP contribution is -2.27. The van der Waals surface area contributed by atoms with Crippen molar-refractivity contribution >= 4 is 17.6 Å². The molecule has 0 aliphatic carbocycles. The van der Waals surface area contributed by atoms with Crippen LogP contribution >= 0.6 is 0 Å². The molecule has 0 radical (unpaired) electrons. The molecule has 3 rings (SSSR count). The van der Waals surface area contributed by atoms with Gasteiger partial charge in [0, 0.05) is 24.7 Å². The summed E-state index contributed by atoms with van der Waals surface area (Å²) in [7, 11) is 1.58. The molecule has 1 aliphatic rings. The molecule has 2 aromatic rings. The van der Waals surface area contributed by atoms with Gasteiger partial charge in [-0.2, -0.15) is 0 Å². The van der Waals surface area contributed by atoms with E-state index in [4.69, 9.17) is 9.47 Å². The zero-order chi connectivity index (χ0) is 19.6. The van der Waals surface area contributed by atoms with Crippen LogP contribution in [0.1, 0.15) is 32.8 Å². The highest BCUT2D eigenvalue weighted by Gasteiger charge is 2.36. The van der Waals surface area contributed by atoms with Crippen molar-refractivity contribution in [1.29, 1.82) is 0 Å². The van der Waals surface area contributed by atoms with Crippen LogP contribution in [0.4, 0.5) is 5.69 Å². The number of methoxy groups -OCH3 is 1. The van der Waals surface area contributed by atoms with E-state index in [1.807, 2.05) is 30.3 Å². The molecule has 27 heavy (non-hydrogen) atoms. The first-order valence-corrected chi connectivity index (χ1v) is 9.04. The SMILES string of the molecule is COc1cccc(N2C[C@H](C(=O)Oc3ccc(C(C)(C)C)cc3)CC2=O)c1. The van der Waals surface area contributed by atoms with Gasteiger partial charge >= 0.3 is 5.97 Å². The summed E-state index contributed by atoms with van der Waals surface area (Å²) in [6, 6.07) is 14.8. The lowest BCUT2D eigenvalue weighted by Gasteiger charge is -2.19. The van der Waals surface area contributed by atoms with Crippen molar-refractivity contribution in [3.05, 3.63) is 54.1 Å². The molecule has 142 valence electrons. The third-order valence-electron chi connectivity index (χ3n) is 4.76. The van der Waals surface area contributed by atoms with Gasteiger partial charge in [0.05, 0.1) is 13.0 Å². The van der Waals surface area contributed by atoms with Gasteiger partial charge in [-0.05, 0) is 35.2 Å². The molecular formula is C22H25NO4. The Balaban J connectivity index is 1.67. The average molecular weight is 367 g/mol. The smallest absolute Gasteiger partial charge is 0.316 e. The number of carbonyl (C=O) groups excluding carboxylic acids is 2. The minimum absolute atomic E-state index is 0.0393. The second kappa shape index (κ2) is 7.43. The monoisotopic (exact) mass is 367 g/mol. The maximum Gasteiger partial charge on any atom is 0.316 e. The fourth-order valence-electron chi connectivity index (χ4n) is 3.12. The van der Waals surface area contributed by atoms with E-state index in [2.05, 4.69) is 20.8 Å². The highest BCUT2D eigenvalue weighted by molar-refractivity contribution is 5.99. The van der Waals surface area contributed by atoms with E-state index in [0.717, 1.165) is 5.69 Å². The molecule has 0 spiro atoms. The first-order valence-electron chi connectivity index (χ1n) is 9.04. The Bertz CT molecular complexity index is 836. The predicted molar refractivity (Wildman–Crippen MR) is 104 cm³/mol. The molecule has 1 atom stereocenters. The molecule has 0 bridgehead atoms. The van der Waals surface area contributed by atoms with Crippen molar-refractivity contribution in [1.82, 2.24) is 0 Å². The number of anilines is 1. The molecule has 0 unspecified atom stereocenters. The molecule has 5 heteroatoms. The lowest BCUT2D eigenvalue weighted by molar-refractivity contribution is -0.139. The predicted octanol–water partition coefficient (Wildman–Crippen LogP) is 3.95. The summed E-state index contributed by atoms with van der Waals surface area (Å²) in [5, 5.41) is 0. The van der Waals surface area contributed by atoms with Crippen LogP contribution in [-0.4, -0.2) is 25.5 Å². The van der Waals surface area contributed by atoms with Gasteiger partial charge in [-0.3, -0.25) is 9.59 Å². The number of ether oxygens (including phenoxy) is 2. The average Bonchev–Trinajstić information content (AvgIpc) is 3.03. The Kier molecular flexibility index (Phi) is 5.22. The Morgan fingerprint density at radius 2 is 1.78 bits per heavy atom. The topological polar surface area (TPSA) is 55.8 Å². The van der Waals surface area contributed by atoms with Crippen molar-refractivity contribution in [3.63, 3.8) is 0 Å². The molecule has 1 fully saturated rings. The van der Waals surface area contributed by atoms with Gasteiger partial charge in [0.2, 0.25) is 5.91 Å². The van der Waals surface area contributed by atoms with E-state index in [1.165, 1.54) is 5.56 Å². The van der Waals surface area contributed by atoms with Crippen molar-refractivity contribution < 1.29 is 19.1 Å². The zero-order valence-electron chi connectivity index (χ0n) is 16.2. The standard InChI is InChI=1S/C22H25NO4/c1-22(2,3)16-8-10-18(11-9-16)27-21(25)15-12-20(24)23(14-15)17-6-5-7-19(13-17)26-4/h5-11,13,15H,12,14H2,1-4H3/t15-/m1/s1. The van der Waals surface area contributed by atoms with Crippen LogP contribution in [-0.2, 0) is 15.0 Å². The molecule has 1 aliphatic heterocycles. The third-order valence-corrected chi connectivity index (χ3v) is 4.76. The van der Waals surface area contributed by atoms with Gasteiger partial charge in [-0.15, -0.1) is 0 Å². The number of nitrogens with zero attached hydrogens (tertiary/aromatic N) is 1. The van der Waals surface area contributed by atoms with E-state index in [-0.39, 0.29) is 23.7 Å². The third kappa shape index (κ3) is 4.30. The number of esters is 1. The largest absolute Gasteiger partial charge is 0.497 e. The van der Waals surface area contributed by atoms with Crippen LogP contribution in [0.25, 0.3) is 0 Å². The Morgan fingerprint density at radius 3 is 2.41 bits per heavy atom. The first kappa shape index (κ1) is 19.0. The van der Waals surface area contributed by atoms with Crippen molar-refractivity contribution in [3.8, 4) is 11.5 Å². The molecule has 0 saturated carbocycles. The molecule has 0 aromatic heterocycles. The van der Waals surface area contributed by atoms with Crippen LogP contribution in [0, 0.1) is 5.92 Å². The van der Waals surface area contributed by atoms with E-state index >= 15 is 0 Å². The van der Waals surface area contributed by atoms with Gasteiger partial charge in [0.15, 0.2) is 0 Å². The summed E-state index contributed by atoms with van der Waals surface area (Å²) >= 11 is 0. The highest BCUT2D eigenvalue weighted by atomic mass is 16.5. The fraction of sp³-hybridized carbons (Fsp3) is 0.364. The normalized spacial score (nSPS) is 17.1. The number of benzene rings is 2. The quantitative estimate of drug-likeness (QED) is 0.606. The molecule has 1 amide bonds. The Hall–Kier alpha value is -2.82. The number of carbonyl (C=O) groups is 2. The van der Waals surface area contributed by atoms with Crippen molar-refractivity contribution in [2.24, 2.45) is 5.92 Å². The van der Waals surface area contributed by atoms with Crippen LogP contribution in [0.3, 0.4) is 0 Å². The van der Waals surface area contributed by atoms with Crippen LogP contribution in [0.15, 0.2) is 48.5 Å². The number of hydrogen-bond donors (Lipinski definition) is 0. The minimum atomic E-state index is -0.481. The van der Waals surface area contributed by atoms with Gasteiger partial charge in [-0.1, -0.05) is 39.0 Å². The van der Waals surface area contributed by atoms with Crippen LogP contribution in [0.5, 0.6) is 11.5 Å². The van der Waals surface area contributed by atoms with Crippen molar-refractivity contribution in [2.45, 2.75) is 32.6 Å². The second-order valence-electron chi connectivity index (χ2n) is 7.80. The number of hydrogen-bond acceptors (Lipinski definition) is 4. The number of amides is 1. The molecule has 0 N–H and O–H groups in total. The van der Waals surface area contributed by atoms with Gasteiger partial charge in [0.25, 0.3) is 0 Å². The molecular weight excluding hydrogens is 342 g/mol. The summed E-state index contributed by atoms with van der Waals surface area (Å²) in [5.74, 6) is 0.224. The maximum atomic E-state index is 12.5. The van der Waals surface area contributed by atoms with Crippen molar-refractivity contribution in [2.75, 3.05) is 18.6 Å². The van der Waals surface area contributed by atoms with E-state index in [0.29, 0.717) is 18.0 Å². The van der Waals surface area contributed by atoms with Crippen LogP contribution < -0.4 is 14.4 Å². The summed E-state index contributed by atoms with van der Waals surface area (Å²) in [6.07, 6.45) is 0.149. The summed E-state index contributed by atoms with van der Waals surface area (Å²) < 4.78 is 10.7.